The van der Waals surface area contributed by atoms with E-state index in [-0.39, 0.29) is 6.10 Å². The summed E-state index contributed by atoms with van der Waals surface area (Å²) in [6, 6.07) is 3.85. The van der Waals surface area contributed by atoms with Gasteiger partial charge in [-0.3, -0.25) is 5.10 Å². The lowest BCUT2D eigenvalue weighted by atomic mass is 10.2. The molecule has 2 N–H and O–H groups in total. The third-order valence-electron chi connectivity index (χ3n) is 1.92. The number of carbonyl (C=O) groups excluding carboxylic acids is 1. The summed E-state index contributed by atoms with van der Waals surface area (Å²) in [7, 11) is 0. The summed E-state index contributed by atoms with van der Waals surface area (Å²) in [5.41, 5.74) is 0.845. The Balaban J connectivity index is 0.000000168. The molecule has 0 amide bonds. The number of rotatable bonds is 3. The molecule has 0 fully saturated rings. The van der Waals surface area contributed by atoms with E-state index in [2.05, 4.69) is 15.2 Å². The van der Waals surface area contributed by atoms with Gasteiger partial charge in [0.2, 0.25) is 0 Å². The van der Waals surface area contributed by atoms with Crippen LogP contribution in [0.1, 0.15) is 19.8 Å². The minimum Gasteiger partial charge on any atom is -0.393 e. The molecule has 0 aliphatic rings. The first-order valence-corrected chi connectivity index (χ1v) is 5.10. The van der Waals surface area contributed by atoms with E-state index in [1.165, 1.54) is 0 Å². The van der Waals surface area contributed by atoms with Gasteiger partial charge in [-0.25, -0.2) is 4.98 Å². The Bertz CT molecular complexity index is 396. The van der Waals surface area contributed by atoms with E-state index in [1.807, 2.05) is 12.1 Å². The molecule has 0 aliphatic heterocycles. The minimum atomic E-state index is -0.329. The Morgan fingerprint density at radius 2 is 2.44 bits per heavy atom. The van der Waals surface area contributed by atoms with Crippen molar-refractivity contribution in [1.82, 2.24) is 15.2 Å². The fourth-order valence-electron chi connectivity index (χ4n) is 1.09. The molecule has 0 saturated carbocycles. The smallest absolute Gasteiger partial charge is 0.155 e. The van der Waals surface area contributed by atoms with Gasteiger partial charge in [-0.2, -0.15) is 5.10 Å². The number of carbonyl (C=O) groups is 1. The summed E-state index contributed by atoms with van der Waals surface area (Å²) in [4.78, 5) is 13.6. The molecule has 2 aromatic heterocycles. The van der Waals surface area contributed by atoms with E-state index in [0.717, 1.165) is 17.3 Å². The molecular formula is C11H15N3O2. The molecule has 0 aliphatic carbocycles. The molecular weight excluding hydrogens is 206 g/mol. The Hall–Kier alpha value is -1.75. The molecule has 1 atom stereocenters. The normalized spacial score (nSPS) is 11.6. The predicted molar refractivity (Wildman–Crippen MR) is 60.9 cm³/mol. The highest BCUT2D eigenvalue weighted by atomic mass is 16.3. The quantitative estimate of drug-likeness (QED) is 0.766. The summed E-state index contributed by atoms with van der Waals surface area (Å²) in [5, 5.41) is 16.2. The van der Waals surface area contributed by atoms with E-state index < -0.39 is 0 Å². The van der Waals surface area contributed by atoms with Crippen LogP contribution in [0.2, 0.25) is 0 Å². The molecule has 0 aromatic carbocycles. The largest absolute Gasteiger partial charge is 0.393 e. The fourth-order valence-corrected chi connectivity index (χ4v) is 1.09. The number of aromatic nitrogens is 3. The number of hydrogen-bond acceptors (Lipinski definition) is 4. The van der Waals surface area contributed by atoms with E-state index in [9.17, 15) is 4.79 Å². The second kappa shape index (κ2) is 6.68. The van der Waals surface area contributed by atoms with Crippen molar-refractivity contribution in [2.24, 2.45) is 0 Å². The van der Waals surface area contributed by atoms with Crippen molar-refractivity contribution in [2.75, 3.05) is 0 Å². The van der Waals surface area contributed by atoms with Crippen molar-refractivity contribution in [3.63, 3.8) is 0 Å². The Kier molecular flexibility index (Phi) is 5.15. The van der Waals surface area contributed by atoms with Crippen LogP contribution in [0.5, 0.6) is 0 Å². The van der Waals surface area contributed by atoms with E-state index in [0.29, 0.717) is 12.8 Å². The summed E-state index contributed by atoms with van der Waals surface area (Å²) in [6.45, 7) is 1.67. The zero-order valence-electron chi connectivity index (χ0n) is 9.13. The van der Waals surface area contributed by atoms with Gasteiger partial charge in [-0.1, -0.05) is 0 Å². The van der Waals surface area contributed by atoms with Crippen LogP contribution in [0.25, 0.3) is 11.0 Å². The molecule has 86 valence electrons. The average molecular weight is 221 g/mol. The van der Waals surface area contributed by atoms with Crippen molar-refractivity contribution >= 4 is 17.3 Å². The highest BCUT2D eigenvalue weighted by Crippen LogP contribution is 2.03. The SMILES string of the molecule is CC(O)CCC=O.c1cnc2[nH]ncc2c1. The number of nitrogens with one attached hydrogen (secondary N) is 1. The van der Waals surface area contributed by atoms with Crippen LogP contribution >= 0.6 is 0 Å². The first-order chi connectivity index (χ1) is 7.74. The Labute approximate surface area is 93.5 Å². The molecule has 0 spiro atoms. The molecule has 5 heteroatoms. The van der Waals surface area contributed by atoms with Gasteiger partial charge >= 0.3 is 0 Å². The van der Waals surface area contributed by atoms with Crippen LogP contribution in [0.3, 0.4) is 0 Å². The summed E-state index contributed by atoms with van der Waals surface area (Å²) in [5.74, 6) is 0. The van der Waals surface area contributed by atoms with Crippen LogP contribution in [0.4, 0.5) is 0 Å². The van der Waals surface area contributed by atoms with Gasteiger partial charge in [-0.15, -0.1) is 0 Å². The highest BCUT2D eigenvalue weighted by molar-refractivity contribution is 5.72. The summed E-state index contributed by atoms with van der Waals surface area (Å²) < 4.78 is 0. The van der Waals surface area contributed by atoms with Crippen LogP contribution in [-0.4, -0.2) is 32.7 Å². The summed E-state index contributed by atoms with van der Waals surface area (Å²) in [6.07, 6.45) is 5.03. The van der Waals surface area contributed by atoms with Gasteiger partial charge in [0.25, 0.3) is 0 Å². The highest BCUT2D eigenvalue weighted by Gasteiger charge is 1.91. The standard InChI is InChI=1S/C6H5N3.C5H10O2/c1-2-5-4-8-9-6(5)7-3-1;1-5(7)3-2-4-6/h1-4H,(H,7,8,9);4-5,7H,2-3H2,1H3. The zero-order chi connectivity index (χ0) is 11.8. The van der Waals surface area contributed by atoms with E-state index >= 15 is 0 Å². The van der Waals surface area contributed by atoms with Gasteiger partial charge in [0.05, 0.1) is 12.3 Å². The summed E-state index contributed by atoms with van der Waals surface area (Å²) >= 11 is 0. The second-order valence-corrected chi connectivity index (χ2v) is 3.40. The number of aliphatic hydroxyl groups is 1. The average Bonchev–Trinajstić information content (AvgIpc) is 2.75. The maximum atomic E-state index is 9.60. The topological polar surface area (TPSA) is 78.9 Å². The lowest BCUT2D eigenvalue weighted by Gasteiger charge is -1.95. The van der Waals surface area contributed by atoms with Crippen LogP contribution < -0.4 is 0 Å². The maximum Gasteiger partial charge on any atom is 0.155 e. The molecule has 0 bridgehead atoms. The van der Waals surface area contributed by atoms with Gasteiger partial charge in [0.1, 0.15) is 6.29 Å². The third kappa shape index (κ3) is 4.18. The van der Waals surface area contributed by atoms with E-state index in [1.54, 1.807) is 19.3 Å². The Morgan fingerprint density at radius 3 is 3.00 bits per heavy atom. The molecule has 0 saturated heterocycles. The van der Waals surface area contributed by atoms with Crippen LogP contribution in [-0.2, 0) is 4.79 Å². The van der Waals surface area contributed by atoms with Gasteiger partial charge < -0.3 is 9.90 Å². The third-order valence-corrected chi connectivity index (χ3v) is 1.92. The predicted octanol–water partition coefficient (Wildman–Crippen LogP) is 1.30. The van der Waals surface area contributed by atoms with Crippen LogP contribution in [0, 0.1) is 0 Å². The number of fused-ring (bicyclic) bond motifs is 1. The lowest BCUT2D eigenvalue weighted by Crippen LogP contribution is -1.98. The molecule has 2 aromatic rings. The number of nitrogens with zero attached hydrogens (tertiary/aromatic N) is 2. The lowest BCUT2D eigenvalue weighted by molar-refractivity contribution is -0.108. The maximum absolute atomic E-state index is 9.60. The van der Waals surface area contributed by atoms with E-state index in [4.69, 9.17) is 5.11 Å². The molecule has 16 heavy (non-hydrogen) atoms. The number of H-pyrrole nitrogens is 1. The second-order valence-electron chi connectivity index (χ2n) is 3.40. The van der Waals surface area contributed by atoms with Gasteiger partial charge in [0, 0.05) is 18.0 Å². The van der Waals surface area contributed by atoms with Crippen molar-refractivity contribution in [2.45, 2.75) is 25.9 Å². The first-order valence-electron chi connectivity index (χ1n) is 5.10. The van der Waals surface area contributed by atoms with Crippen molar-refractivity contribution in [3.05, 3.63) is 24.5 Å². The minimum absolute atomic E-state index is 0.329. The molecule has 1 unspecified atom stereocenters. The van der Waals surface area contributed by atoms with Crippen molar-refractivity contribution in [1.29, 1.82) is 0 Å². The van der Waals surface area contributed by atoms with Crippen molar-refractivity contribution < 1.29 is 9.90 Å². The number of pyridine rings is 1. The van der Waals surface area contributed by atoms with Crippen LogP contribution in [0.15, 0.2) is 24.5 Å². The monoisotopic (exact) mass is 221 g/mol. The molecule has 0 radical (unpaired) electrons. The van der Waals surface area contributed by atoms with Gasteiger partial charge in [-0.05, 0) is 25.5 Å². The first kappa shape index (κ1) is 12.3. The Morgan fingerprint density at radius 1 is 1.62 bits per heavy atom. The molecule has 5 nitrogen and oxygen atoms in total. The molecule has 2 heterocycles. The van der Waals surface area contributed by atoms with Gasteiger partial charge in [0.15, 0.2) is 5.65 Å². The van der Waals surface area contributed by atoms with Crippen molar-refractivity contribution in [3.8, 4) is 0 Å². The number of aromatic amines is 1. The number of aliphatic hydroxyl groups excluding tert-OH is 1. The number of aldehydes is 1. The zero-order valence-corrected chi connectivity index (χ0v) is 9.13. The molecule has 2 rings (SSSR count). The fraction of sp³-hybridized carbons (Fsp3) is 0.364. The number of hydrogen-bond donors (Lipinski definition) is 2.